The second-order valence-electron chi connectivity index (χ2n) is 7.27. The first-order valence-electron chi connectivity index (χ1n) is 11.3. The lowest BCUT2D eigenvalue weighted by Crippen LogP contribution is -2.03. The molecule has 155 valence electrons. The summed E-state index contributed by atoms with van der Waals surface area (Å²) in [7, 11) is 0. The summed E-state index contributed by atoms with van der Waals surface area (Å²) in [4.78, 5) is 0. The molecule has 0 saturated carbocycles. The lowest BCUT2D eigenvalue weighted by Gasteiger charge is -2.13. The van der Waals surface area contributed by atoms with Gasteiger partial charge in [-0.3, -0.25) is 0 Å². The molecule has 1 aromatic rings. The van der Waals surface area contributed by atoms with Crippen molar-refractivity contribution in [2.24, 2.45) is 0 Å². The molecular weight excluding hydrogens is 336 g/mol. The third-order valence-electron chi connectivity index (χ3n) is 4.57. The Labute approximate surface area is 167 Å². The zero-order valence-electron chi connectivity index (χ0n) is 18.0. The third kappa shape index (κ3) is 12.6. The molecular formula is C24H41O3. The van der Waals surface area contributed by atoms with E-state index in [1.54, 1.807) is 0 Å². The van der Waals surface area contributed by atoms with Crippen LogP contribution < -0.4 is 14.2 Å². The largest absolute Gasteiger partial charge is 0.493 e. The van der Waals surface area contributed by atoms with Crippen molar-refractivity contribution in [1.82, 2.24) is 0 Å². The van der Waals surface area contributed by atoms with Gasteiger partial charge in [0, 0.05) is 12.1 Å². The monoisotopic (exact) mass is 377 g/mol. The van der Waals surface area contributed by atoms with E-state index in [1.807, 2.05) is 12.1 Å². The predicted molar refractivity (Wildman–Crippen MR) is 114 cm³/mol. The molecule has 0 saturated heterocycles. The second kappa shape index (κ2) is 16.8. The van der Waals surface area contributed by atoms with Crippen LogP contribution in [0.2, 0.25) is 0 Å². The van der Waals surface area contributed by atoms with Crippen molar-refractivity contribution in [3.63, 3.8) is 0 Å². The van der Waals surface area contributed by atoms with E-state index in [2.05, 4.69) is 26.8 Å². The Morgan fingerprint density at radius 2 is 0.963 bits per heavy atom. The van der Waals surface area contributed by atoms with Crippen molar-refractivity contribution in [2.75, 3.05) is 19.8 Å². The van der Waals surface area contributed by atoms with Gasteiger partial charge >= 0.3 is 0 Å². The maximum Gasteiger partial charge on any atom is 0.134 e. The van der Waals surface area contributed by atoms with Crippen LogP contribution in [0.15, 0.2) is 12.1 Å². The molecule has 3 heteroatoms. The van der Waals surface area contributed by atoms with Gasteiger partial charge in [0.15, 0.2) is 0 Å². The second-order valence-corrected chi connectivity index (χ2v) is 7.27. The van der Waals surface area contributed by atoms with Crippen LogP contribution in [-0.2, 0) is 0 Å². The average Bonchev–Trinajstić information content (AvgIpc) is 2.67. The van der Waals surface area contributed by atoms with Gasteiger partial charge in [0.05, 0.1) is 25.9 Å². The quantitative estimate of drug-likeness (QED) is 0.250. The zero-order chi connectivity index (χ0) is 19.6. The van der Waals surface area contributed by atoms with Crippen LogP contribution in [0.5, 0.6) is 17.2 Å². The van der Waals surface area contributed by atoms with E-state index in [0.29, 0.717) is 0 Å². The predicted octanol–water partition coefficient (Wildman–Crippen LogP) is 7.36. The average molecular weight is 378 g/mol. The van der Waals surface area contributed by atoms with E-state index in [0.717, 1.165) is 56.3 Å². The van der Waals surface area contributed by atoms with E-state index >= 15 is 0 Å². The van der Waals surface area contributed by atoms with Gasteiger partial charge in [0.2, 0.25) is 0 Å². The highest BCUT2D eigenvalue weighted by molar-refractivity contribution is 5.40. The maximum atomic E-state index is 5.94. The first-order valence-corrected chi connectivity index (χ1v) is 11.3. The molecule has 0 aromatic heterocycles. The molecule has 1 radical (unpaired) electrons. The Kier molecular flexibility index (Phi) is 14.7. The number of hydrogen-bond acceptors (Lipinski definition) is 3. The maximum absolute atomic E-state index is 5.94. The van der Waals surface area contributed by atoms with Crippen LogP contribution >= 0.6 is 0 Å². The van der Waals surface area contributed by atoms with Gasteiger partial charge in [-0.2, -0.15) is 0 Å². The van der Waals surface area contributed by atoms with Crippen LogP contribution in [0.4, 0.5) is 0 Å². The SMILES string of the molecule is CCCCCCOc1[c]c(OCCCCCC)cc(OCCCCCC)c1. The lowest BCUT2D eigenvalue weighted by molar-refractivity contribution is 0.275. The highest BCUT2D eigenvalue weighted by atomic mass is 16.5. The van der Waals surface area contributed by atoms with Gasteiger partial charge in [-0.05, 0) is 19.3 Å². The smallest absolute Gasteiger partial charge is 0.134 e. The molecule has 0 unspecified atom stereocenters. The summed E-state index contributed by atoms with van der Waals surface area (Å²) in [6.07, 6.45) is 14.4. The van der Waals surface area contributed by atoms with Crippen molar-refractivity contribution < 1.29 is 14.2 Å². The minimum absolute atomic E-state index is 0.729. The van der Waals surface area contributed by atoms with Gasteiger partial charge in [0.1, 0.15) is 17.2 Å². The normalized spacial score (nSPS) is 10.8. The summed E-state index contributed by atoms with van der Waals surface area (Å²) in [5.74, 6) is 2.31. The minimum atomic E-state index is 0.729. The fourth-order valence-corrected chi connectivity index (χ4v) is 2.87. The van der Waals surface area contributed by atoms with Gasteiger partial charge in [-0.15, -0.1) is 0 Å². The molecule has 0 spiro atoms. The molecule has 0 aliphatic heterocycles. The van der Waals surface area contributed by atoms with E-state index in [1.165, 1.54) is 57.8 Å². The lowest BCUT2D eigenvalue weighted by atomic mass is 10.2. The molecule has 0 fully saturated rings. The Morgan fingerprint density at radius 1 is 0.556 bits per heavy atom. The van der Waals surface area contributed by atoms with Crippen molar-refractivity contribution in [3.05, 3.63) is 18.2 Å². The van der Waals surface area contributed by atoms with Gasteiger partial charge in [0.25, 0.3) is 0 Å². The molecule has 0 bridgehead atoms. The Bertz CT molecular complexity index is 380. The Balaban J connectivity index is 2.52. The Morgan fingerprint density at radius 3 is 1.37 bits per heavy atom. The van der Waals surface area contributed by atoms with E-state index < -0.39 is 0 Å². The molecule has 0 aliphatic carbocycles. The van der Waals surface area contributed by atoms with Gasteiger partial charge in [-0.1, -0.05) is 78.6 Å². The number of rotatable bonds is 18. The minimum Gasteiger partial charge on any atom is -0.493 e. The number of unbranched alkanes of at least 4 members (excludes halogenated alkanes) is 9. The third-order valence-corrected chi connectivity index (χ3v) is 4.57. The van der Waals surface area contributed by atoms with E-state index in [-0.39, 0.29) is 0 Å². The van der Waals surface area contributed by atoms with E-state index in [4.69, 9.17) is 14.2 Å². The van der Waals surface area contributed by atoms with Crippen LogP contribution in [0.25, 0.3) is 0 Å². The topological polar surface area (TPSA) is 27.7 Å². The molecule has 3 nitrogen and oxygen atoms in total. The number of benzene rings is 1. The molecule has 0 aliphatic rings. The molecule has 0 N–H and O–H groups in total. The molecule has 1 aromatic carbocycles. The van der Waals surface area contributed by atoms with Crippen molar-refractivity contribution in [1.29, 1.82) is 0 Å². The van der Waals surface area contributed by atoms with E-state index in [9.17, 15) is 0 Å². The van der Waals surface area contributed by atoms with Crippen LogP contribution in [0.1, 0.15) is 97.8 Å². The highest BCUT2D eigenvalue weighted by Crippen LogP contribution is 2.28. The standard InChI is InChI=1S/C24H41O3/c1-4-7-10-13-16-25-22-19-23(26-17-14-11-8-5-2)21-24(20-22)27-18-15-12-9-6-3/h19-20H,4-18H2,1-3H3. The number of hydrogen-bond donors (Lipinski definition) is 0. The summed E-state index contributed by atoms with van der Waals surface area (Å²) >= 11 is 0. The molecule has 0 atom stereocenters. The molecule has 0 amide bonds. The highest BCUT2D eigenvalue weighted by Gasteiger charge is 2.06. The van der Waals surface area contributed by atoms with Crippen LogP contribution in [-0.4, -0.2) is 19.8 Å². The summed E-state index contributed by atoms with van der Waals surface area (Å²) in [6.45, 7) is 8.87. The fraction of sp³-hybridized carbons (Fsp3) is 0.750. The summed E-state index contributed by atoms with van der Waals surface area (Å²) in [5.41, 5.74) is 0. The summed E-state index contributed by atoms with van der Waals surface area (Å²) in [5, 5.41) is 0. The van der Waals surface area contributed by atoms with Gasteiger partial charge in [-0.25, -0.2) is 0 Å². The number of ether oxygens (including phenoxy) is 3. The van der Waals surface area contributed by atoms with Crippen LogP contribution in [0, 0.1) is 6.07 Å². The van der Waals surface area contributed by atoms with Crippen LogP contribution in [0.3, 0.4) is 0 Å². The van der Waals surface area contributed by atoms with Crippen molar-refractivity contribution >= 4 is 0 Å². The summed E-state index contributed by atoms with van der Waals surface area (Å²) in [6, 6.07) is 7.15. The molecule has 27 heavy (non-hydrogen) atoms. The Hall–Kier alpha value is -1.38. The zero-order valence-corrected chi connectivity index (χ0v) is 18.0. The molecule has 1 rings (SSSR count). The summed E-state index contributed by atoms with van der Waals surface area (Å²) < 4.78 is 17.8. The molecule has 0 heterocycles. The first kappa shape index (κ1) is 23.7. The van der Waals surface area contributed by atoms with Gasteiger partial charge < -0.3 is 14.2 Å². The van der Waals surface area contributed by atoms with Crippen molar-refractivity contribution in [2.45, 2.75) is 97.8 Å². The first-order chi connectivity index (χ1) is 13.3. The fourth-order valence-electron chi connectivity index (χ4n) is 2.87. The van der Waals surface area contributed by atoms with Crippen molar-refractivity contribution in [3.8, 4) is 17.2 Å².